The Morgan fingerprint density at radius 2 is 1.93 bits per heavy atom. The lowest BCUT2D eigenvalue weighted by molar-refractivity contribution is 0.137. The Bertz CT molecular complexity index is 478. The van der Waals surface area contributed by atoms with Crippen molar-refractivity contribution < 1.29 is 8.78 Å². The molecular weight excluding hydrogens is 202 g/mol. The maximum Gasteiger partial charge on any atom is 0.299 e. The van der Waals surface area contributed by atoms with Crippen LogP contribution in [0.1, 0.15) is 37.7 Å². The molecule has 0 aliphatic carbocycles. The van der Waals surface area contributed by atoms with Gasteiger partial charge in [-0.1, -0.05) is 13.8 Å². The van der Waals surface area contributed by atoms with Crippen LogP contribution in [-0.4, -0.2) is 19.8 Å². The second-order valence-corrected chi connectivity index (χ2v) is 3.54. The first-order valence-electron chi connectivity index (χ1n) is 4.60. The fourth-order valence-corrected chi connectivity index (χ4v) is 1.26. The summed E-state index contributed by atoms with van der Waals surface area (Å²) in [5, 5.41) is 11.1. The first-order valence-corrected chi connectivity index (χ1v) is 4.60. The molecule has 0 N–H and O–H groups in total. The second-order valence-electron chi connectivity index (χ2n) is 3.54. The second kappa shape index (κ2) is 3.52. The van der Waals surface area contributed by atoms with Gasteiger partial charge in [-0.2, -0.15) is 9.61 Å². The lowest BCUT2D eigenvalue weighted by Crippen LogP contribution is -2.03. The molecule has 0 aliphatic rings. The van der Waals surface area contributed by atoms with Crippen molar-refractivity contribution >= 4 is 5.65 Å². The Kier molecular flexibility index (Phi) is 2.34. The smallest absolute Gasteiger partial charge is 0.201 e. The van der Waals surface area contributed by atoms with Gasteiger partial charge in [-0.3, -0.25) is 0 Å². The Hall–Kier alpha value is -1.59. The Morgan fingerprint density at radius 1 is 1.20 bits per heavy atom. The van der Waals surface area contributed by atoms with Gasteiger partial charge in [0.05, 0.1) is 5.69 Å². The van der Waals surface area contributed by atoms with Crippen molar-refractivity contribution in [1.29, 1.82) is 0 Å². The summed E-state index contributed by atoms with van der Waals surface area (Å²) in [6.07, 6.45) is -2.66. The maximum absolute atomic E-state index is 12.5. The van der Waals surface area contributed by atoms with Gasteiger partial charge in [-0.25, -0.2) is 8.78 Å². The van der Waals surface area contributed by atoms with Gasteiger partial charge in [-0.05, 0) is 18.1 Å². The molecule has 2 aromatic heterocycles. The molecule has 2 aromatic rings. The molecule has 2 heterocycles. The Labute approximate surface area is 84.9 Å². The highest BCUT2D eigenvalue weighted by molar-refractivity contribution is 5.36. The number of nitrogens with zero attached hydrogens (tertiary/aromatic N) is 4. The van der Waals surface area contributed by atoms with Crippen molar-refractivity contribution in [3.63, 3.8) is 0 Å². The normalized spacial score (nSPS) is 11.9. The molecular formula is C9H10F2N4. The van der Waals surface area contributed by atoms with Gasteiger partial charge in [0.25, 0.3) is 6.43 Å². The van der Waals surface area contributed by atoms with E-state index < -0.39 is 12.2 Å². The third kappa shape index (κ3) is 1.67. The summed E-state index contributed by atoms with van der Waals surface area (Å²) in [6.45, 7) is 3.89. The minimum absolute atomic E-state index is 0.183. The molecule has 4 nitrogen and oxygen atoms in total. The lowest BCUT2D eigenvalue weighted by Gasteiger charge is -2.04. The fraction of sp³-hybridized carbons (Fsp3) is 0.444. The van der Waals surface area contributed by atoms with Crippen LogP contribution >= 0.6 is 0 Å². The highest BCUT2D eigenvalue weighted by Crippen LogP contribution is 2.18. The van der Waals surface area contributed by atoms with Crippen molar-refractivity contribution in [3.05, 3.63) is 23.7 Å². The molecule has 80 valence electrons. The molecule has 0 spiro atoms. The third-order valence-electron chi connectivity index (χ3n) is 2.09. The van der Waals surface area contributed by atoms with E-state index in [0.717, 1.165) is 10.2 Å². The number of rotatable bonds is 2. The van der Waals surface area contributed by atoms with Crippen LogP contribution in [0.2, 0.25) is 0 Å². The van der Waals surface area contributed by atoms with Crippen LogP contribution in [0, 0.1) is 0 Å². The predicted octanol–water partition coefficient (Wildman–Crippen LogP) is 2.19. The number of aromatic nitrogens is 4. The van der Waals surface area contributed by atoms with E-state index in [9.17, 15) is 8.78 Å². The summed E-state index contributed by atoms with van der Waals surface area (Å²) in [6, 6.07) is 3.41. The van der Waals surface area contributed by atoms with Gasteiger partial charge < -0.3 is 0 Å². The SMILES string of the molecule is CC(C)c1ccc2nnc(C(F)F)n2n1. The van der Waals surface area contributed by atoms with E-state index in [-0.39, 0.29) is 5.92 Å². The molecule has 2 rings (SSSR count). The van der Waals surface area contributed by atoms with E-state index in [1.807, 2.05) is 13.8 Å². The van der Waals surface area contributed by atoms with Crippen molar-refractivity contribution in [1.82, 2.24) is 19.8 Å². The van der Waals surface area contributed by atoms with Crippen molar-refractivity contribution in [2.24, 2.45) is 0 Å². The molecule has 0 aromatic carbocycles. The van der Waals surface area contributed by atoms with Crippen LogP contribution in [-0.2, 0) is 0 Å². The Balaban J connectivity index is 2.61. The van der Waals surface area contributed by atoms with Gasteiger partial charge in [0.15, 0.2) is 5.65 Å². The average Bonchev–Trinajstić information content (AvgIpc) is 2.59. The number of hydrogen-bond donors (Lipinski definition) is 0. The van der Waals surface area contributed by atoms with Crippen molar-refractivity contribution in [2.75, 3.05) is 0 Å². The van der Waals surface area contributed by atoms with Gasteiger partial charge in [0.1, 0.15) is 0 Å². The zero-order valence-electron chi connectivity index (χ0n) is 8.35. The van der Waals surface area contributed by atoms with E-state index in [2.05, 4.69) is 15.3 Å². The quantitative estimate of drug-likeness (QED) is 0.766. The highest BCUT2D eigenvalue weighted by atomic mass is 19.3. The van der Waals surface area contributed by atoms with Crippen molar-refractivity contribution in [2.45, 2.75) is 26.2 Å². The van der Waals surface area contributed by atoms with E-state index >= 15 is 0 Å². The summed E-state index contributed by atoms with van der Waals surface area (Å²) >= 11 is 0. The molecule has 0 amide bonds. The van der Waals surface area contributed by atoms with Crippen LogP contribution in [0.5, 0.6) is 0 Å². The lowest BCUT2D eigenvalue weighted by atomic mass is 10.1. The number of halogens is 2. The molecule has 0 bridgehead atoms. The zero-order valence-corrected chi connectivity index (χ0v) is 8.35. The maximum atomic E-state index is 12.5. The minimum atomic E-state index is -2.66. The predicted molar refractivity (Wildman–Crippen MR) is 49.8 cm³/mol. The molecule has 0 saturated heterocycles. The van der Waals surface area contributed by atoms with E-state index in [4.69, 9.17) is 0 Å². The van der Waals surface area contributed by atoms with Crippen LogP contribution in [0.4, 0.5) is 8.78 Å². The van der Waals surface area contributed by atoms with Gasteiger partial charge in [-0.15, -0.1) is 10.2 Å². The van der Waals surface area contributed by atoms with Crippen molar-refractivity contribution in [3.8, 4) is 0 Å². The fourth-order valence-electron chi connectivity index (χ4n) is 1.26. The van der Waals surface area contributed by atoms with Gasteiger partial charge in [0, 0.05) is 0 Å². The topological polar surface area (TPSA) is 43.1 Å². The van der Waals surface area contributed by atoms with Crippen LogP contribution in [0.3, 0.4) is 0 Å². The van der Waals surface area contributed by atoms with Crippen LogP contribution in [0.15, 0.2) is 12.1 Å². The largest absolute Gasteiger partial charge is 0.299 e. The summed E-state index contributed by atoms with van der Waals surface area (Å²) < 4.78 is 26.1. The van der Waals surface area contributed by atoms with Crippen LogP contribution < -0.4 is 0 Å². The summed E-state index contributed by atoms with van der Waals surface area (Å²) in [5.41, 5.74) is 1.08. The molecule has 15 heavy (non-hydrogen) atoms. The molecule has 0 aliphatic heterocycles. The first-order chi connectivity index (χ1) is 7.09. The average molecular weight is 212 g/mol. The van der Waals surface area contributed by atoms with E-state index in [0.29, 0.717) is 5.65 Å². The molecule has 0 radical (unpaired) electrons. The molecule has 0 fully saturated rings. The summed E-state index contributed by atoms with van der Waals surface area (Å²) in [5.74, 6) is -0.227. The van der Waals surface area contributed by atoms with E-state index in [1.165, 1.54) is 0 Å². The molecule has 0 saturated carbocycles. The first kappa shape index (κ1) is 9.95. The molecule has 6 heteroatoms. The Morgan fingerprint density at radius 3 is 2.53 bits per heavy atom. The number of hydrogen-bond acceptors (Lipinski definition) is 3. The van der Waals surface area contributed by atoms with Crippen LogP contribution in [0.25, 0.3) is 5.65 Å². The zero-order chi connectivity index (χ0) is 11.0. The summed E-state index contributed by atoms with van der Waals surface area (Å²) in [7, 11) is 0. The standard InChI is InChI=1S/C9H10F2N4/c1-5(2)6-3-4-7-12-13-9(8(10)11)15(7)14-6/h3-5,8H,1-2H3. The highest BCUT2D eigenvalue weighted by Gasteiger charge is 2.17. The monoisotopic (exact) mass is 212 g/mol. The number of fused-ring (bicyclic) bond motifs is 1. The summed E-state index contributed by atoms with van der Waals surface area (Å²) in [4.78, 5) is 0. The minimum Gasteiger partial charge on any atom is -0.201 e. The van der Waals surface area contributed by atoms with Gasteiger partial charge in [0.2, 0.25) is 5.82 Å². The molecule has 0 unspecified atom stereocenters. The van der Waals surface area contributed by atoms with E-state index in [1.54, 1.807) is 12.1 Å². The van der Waals surface area contributed by atoms with Gasteiger partial charge >= 0.3 is 0 Å². The molecule has 0 atom stereocenters. The third-order valence-corrected chi connectivity index (χ3v) is 2.09. The number of alkyl halides is 2.